The number of allylic oxidation sites excluding steroid dienone is 3. The number of benzene rings is 1. The van der Waals surface area contributed by atoms with Crippen LogP contribution in [0.3, 0.4) is 0 Å². The maximum absolute atomic E-state index is 13.3. The lowest BCUT2D eigenvalue weighted by atomic mass is 9.85. The summed E-state index contributed by atoms with van der Waals surface area (Å²) in [5.74, 6) is -2.08. The van der Waals surface area contributed by atoms with Crippen LogP contribution in [-0.2, 0) is 28.2 Å². The maximum Gasteiger partial charge on any atom is 0.357 e. The highest BCUT2D eigenvalue weighted by Gasteiger charge is 2.44. The fraction of sp³-hybridized carbons (Fsp3) is 0.500. The smallest absolute Gasteiger partial charge is 0.357 e. The molecule has 1 aliphatic rings. The molecule has 11 nitrogen and oxygen atoms in total. The molecule has 198 valence electrons. The van der Waals surface area contributed by atoms with Crippen LogP contribution in [0.15, 0.2) is 46.5 Å². The zero-order chi connectivity index (χ0) is 27.0. The third-order valence-electron chi connectivity index (χ3n) is 6.07. The highest BCUT2D eigenvalue weighted by atomic mass is 31.2. The van der Waals surface area contributed by atoms with Crippen LogP contribution in [0.5, 0.6) is 0 Å². The van der Waals surface area contributed by atoms with Crippen LogP contribution in [0, 0.1) is 10.1 Å². The Morgan fingerprint density at radius 2 is 1.86 bits per heavy atom. The Morgan fingerprint density at radius 1 is 1.17 bits per heavy atom. The molecule has 1 aromatic carbocycles. The molecular formula is C24H33N2O9P. The summed E-state index contributed by atoms with van der Waals surface area (Å²) in [5, 5.41) is 11.3. The number of unbranched alkanes of at least 4 members (excludes halogenated alkanes) is 2. The molecule has 0 radical (unpaired) electrons. The first-order chi connectivity index (χ1) is 17.0. The van der Waals surface area contributed by atoms with Gasteiger partial charge in [-0.3, -0.25) is 19.5 Å². The van der Waals surface area contributed by atoms with Gasteiger partial charge in [-0.25, -0.2) is 4.79 Å². The van der Waals surface area contributed by atoms with E-state index in [0.29, 0.717) is 55.8 Å². The maximum atomic E-state index is 13.3. The minimum absolute atomic E-state index is 0.0528. The highest BCUT2D eigenvalue weighted by Crippen LogP contribution is 2.61. The van der Waals surface area contributed by atoms with Crippen molar-refractivity contribution in [2.24, 2.45) is 0 Å². The van der Waals surface area contributed by atoms with Gasteiger partial charge in [-0.1, -0.05) is 18.6 Å². The van der Waals surface area contributed by atoms with Crippen LogP contribution in [0.25, 0.3) is 0 Å². The van der Waals surface area contributed by atoms with Gasteiger partial charge in [0.25, 0.3) is 5.69 Å². The number of hydrogen-bond acceptors (Lipinski definition) is 9. The van der Waals surface area contributed by atoms with Crippen LogP contribution >= 0.6 is 7.60 Å². The van der Waals surface area contributed by atoms with E-state index in [0.717, 1.165) is 7.11 Å². The Hall–Kier alpha value is -3.01. The summed E-state index contributed by atoms with van der Waals surface area (Å²) >= 11 is 0. The average Bonchev–Trinajstić information content (AvgIpc) is 2.84. The molecule has 0 fully saturated rings. The van der Waals surface area contributed by atoms with Crippen molar-refractivity contribution in [2.75, 3.05) is 27.4 Å². The van der Waals surface area contributed by atoms with Crippen LogP contribution in [0.2, 0.25) is 0 Å². The van der Waals surface area contributed by atoms with Gasteiger partial charge in [0.15, 0.2) is 0 Å². The van der Waals surface area contributed by atoms with E-state index >= 15 is 0 Å². The van der Waals surface area contributed by atoms with Gasteiger partial charge in [-0.15, -0.1) is 0 Å². The predicted molar refractivity (Wildman–Crippen MR) is 132 cm³/mol. The number of methoxy groups -OCH3 is 1. The summed E-state index contributed by atoms with van der Waals surface area (Å²) in [7, 11) is -2.13. The molecule has 0 spiro atoms. The summed E-state index contributed by atoms with van der Waals surface area (Å²) < 4.78 is 28.2. The molecule has 0 amide bonds. The van der Waals surface area contributed by atoms with Crippen molar-refractivity contribution in [3.05, 3.63) is 62.2 Å². The van der Waals surface area contributed by atoms with E-state index in [-0.39, 0.29) is 22.5 Å². The van der Waals surface area contributed by atoms with Gasteiger partial charge in [0.1, 0.15) is 0 Å². The Bertz CT molecular complexity index is 1110. The summed E-state index contributed by atoms with van der Waals surface area (Å²) in [5.41, 5.74) is 1.08. The van der Waals surface area contributed by atoms with Crippen LogP contribution in [0.1, 0.15) is 57.9 Å². The van der Waals surface area contributed by atoms with E-state index in [2.05, 4.69) is 0 Å². The van der Waals surface area contributed by atoms with Gasteiger partial charge in [-0.2, -0.15) is 0 Å². The Balaban J connectivity index is 2.53. The number of nitro groups is 1. The first-order valence-corrected chi connectivity index (χ1v) is 13.1. The van der Waals surface area contributed by atoms with Crippen molar-refractivity contribution in [3.8, 4) is 0 Å². The van der Waals surface area contributed by atoms with E-state index < -0.39 is 24.4 Å². The number of hydrogen-bond donors (Lipinski definition) is 1. The van der Waals surface area contributed by atoms with E-state index in [1.165, 1.54) is 25.3 Å². The third-order valence-corrected chi connectivity index (χ3v) is 7.76. The van der Waals surface area contributed by atoms with Crippen molar-refractivity contribution in [1.82, 2.24) is 4.90 Å². The lowest BCUT2D eigenvalue weighted by molar-refractivity contribution is -0.384. The minimum atomic E-state index is -4.42. The fourth-order valence-electron chi connectivity index (χ4n) is 4.36. The molecule has 1 N–H and O–H groups in total. The second-order valence-corrected chi connectivity index (χ2v) is 10.1. The zero-order valence-electron chi connectivity index (χ0n) is 21.2. The molecule has 0 aliphatic carbocycles. The molecule has 2 unspecified atom stereocenters. The number of esters is 2. The topological polar surface area (TPSA) is 146 Å². The number of carbonyl (C=O) groups is 2. The Kier molecular flexibility index (Phi) is 10.4. The first-order valence-electron chi connectivity index (χ1n) is 11.6. The number of non-ortho nitro benzene ring substituents is 1. The second kappa shape index (κ2) is 12.8. The van der Waals surface area contributed by atoms with Crippen molar-refractivity contribution in [3.63, 3.8) is 0 Å². The molecule has 1 heterocycles. The van der Waals surface area contributed by atoms with Gasteiger partial charge >= 0.3 is 19.5 Å². The summed E-state index contributed by atoms with van der Waals surface area (Å²) in [6.45, 7) is 5.82. The number of rotatable bonds is 12. The molecule has 0 saturated heterocycles. The van der Waals surface area contributed by atoms with Gasteiger partial charge < -0.3 is 23.8 Å². The van der Waals surface area contributed by atoms with Crippen molar-refractivity contribution < 1.29 is 38.0 Å². The molecule has 0 aromatic heterocycles. The molecule has 36 heavy (non-hydrogen) atoms. The van der Waals surface area contributed by atoms with Gasteiger partial charge in [0, 0.05) is 43.6 Å². The van der Waals surface area contributed by atoms with Gasteiger partial charge in [0.05, 0.1) is 35.4 Å². The molecule has 0 bridgehead atoms. The monoisotopic (exact) mass is 524 g/mol. The number of nitrogens with zero attached hydrogens (tertiary/aromatic N) is 2. The third kappa shape index (κ3) is 6.60. The molecule has 2 rings (SSSR count). The Morgan fingerprint density at radius 3 is 2.44 bits per heavy atom. The van der Waals surface area contributed by atoms with Crippen LogP contribution < -0.4 is 0 Å². The first kappa shape index (κ1) is 29.2. The quantitative estimate of drug-likeness (QED) is 0.135. The van der Waals surface area contributed by atoms with Crippen LogP contribution in [0.4, 0.5) is 5.69 Å². The number of ether oxygens (including phenoxy) is 2. The lowest BCUT2D eigenvalue weighted by Crippen LogP contribution is -2.33. The highest BCUT2D eigenvalue weighted by molar-refractivity contribution is 7.57. The molecule has 2 atom stereocenters. The predicted octanol–water partition coefficient (Wildman–Crippen LogP) is 4.63. The van der Waals surface area contributed by atoms with E-state index in [1.807, 2.05) is 0 Å². The Labute approximate surface area is 210 Å². The fourth-order valence-corrected chi connectivity index (χ4v) is 5.69. The van der Waals surface area contributed by atoms with Gasteiger partial charge in [0.2, 0.25) is 0 Å². The van der Waals surface area contributed by atoms with E-state index in [1.54, 1.807) is 31.7 Å². The van der Waals surface area contributed by atoms with Crippen molar-refractivity contribution >= 4 is 25.2 Å². The zero-order valence-corrected chi connectivity index (χ0v) is 22.1. The van der Waals surface area contributed by atoms with Crippen molar-refractivity contribution in [2.45, 2.75) is 52.4 Å². The van der Waals surface area contributed by atoms with E-state index in [9.17, 15) is 29.2 Å². The minimum Gasteiger partial charge on any atom is -0.466 e. The summed E-state index contributed by atoms with van der Waals surface area (Å²) in [4.78, 5) is 47.9. The molecule has 0 saturated carbocycles. The van der Waals surface area contributed by atoms with Crippen molar-refractivity contribution in [1.29, 1.82) is 0 Å². The molecule has 1 aromatic rings. The SMILES string of the molecule is CCOC(=O)CCCCCN1C(C)=C(C(=O)OC)C(c2cccc([N+](=O)[O-])c2)C(P(=O)(O)OC)=C1C. The molecular weight excluding hydrogens is 491 g/mol. The largest absolute Gasteiger partial charge is 0.466 e. The standard InChI is InChI=1S/C24H33N2O9P/c1-6-35-20(27)13-8-7-9-14-25-16(2)21(24(28)33-4)22(23(17(25)3)36(31,32)34-5)18-11-10-12-19(15-18)26(29)30/h10-12,15,22H,6-9,13-14H2,1-5H3,(H,31,32). The summed E-state index contributed by atoms with van der Waals surface area (Å²) in [6, 6.07) is 5.58. The average molecular weight is 525 g/mol. The lowest BCUT2D eigenvalue weighted by Gasteiger charge is -2.39. The van der Waals surface area contributed by atoms with Crippen LogP contribution in [-0.4, -0.2) is 54.0 Å². The number of carbonyl (C=O) groups excluding carboxylic acids is 2. The normalized spacial score (nSPS) is 17.6. The van der Waals surface area contributed by atoms with Gasteiger partial charge in [-0.05, 0) is 39.2 Å². The second-order valence-electron chi connectivity index (χ2n) is 8.22. The summed E-state index contributed by atoms with van der Waals surface area (Å²) in [6.07, 6.45) is 2.22. The number of nitro benzene ring substituents is 1. The molecule has 1 aliphatic heterocycles. The molecule has 12 heteroatoms. The van der Waals surface area contributed by atoms with E-state index in [4.69, 9.17) is 14.0 Å².